The highest BCUT2D eigenvalue weighted by Gasteiger charge is 2.30. The second kappa shape index (κ2) is 6.91. The van der Waals surface area contributed by atoms with Gasteiger partial charge >= 0.3 is 0 Å². The number of benzene rings is 1. The Balaban J connectivity index is 0.00000161. The van der Waals surface area contributed by atoms with E-state index in [1.807, 2.05) is 24.3 Å². The van der Waals surface area contributed by atoms with Gasteiger partial charge in [0.05, 0.1) is 5.92 Å². The standard InChI is InChI=1S/C15H19N3O2.ClH/c19-14-8-12(11-5-1-2-6-13(11)18-14)15(20)17-9-10-4-3-7-16-10;/h1-2,5-6,10,12,16H,3-4,7-9H2,(H,17,20)(H,18,19);1H. The van der Waals surface area contributed by atoms with Crippen molar-refractivity contribution in [1.29, 1.82) is 0 Å². The molecule has 0 spiro atoms. The summed E-state index contributed by atoms with van der Waals surface area (Å²) in [6.07, 6.45) is 2.48. The lowest BCUT2D eigenvalue weighted by atomic mass is 9.90. The van der Waals surface area contributed by atoms with Crippen LogP contribution in [-0.4, -0.2) is 30.9 Å². The van der Waals surface area contributed by atoms with Gasteiger partial charge in [-0.3, -0.25) is 9.59 Å². The largest absolute Gasteiger partial charge is 0.354 e. The third-order valence-electron chi connectivity index (χ3n) is 4.00. The molecule has 0 radical (unpaired) electrons. The first-order valence-electron chi connectivity index (χ1n) is 7.14. The average Bonchev–Trinajstić information content (AvgIpc) is 2.97. The zero-order valence-electron chi connectivity index (χ0n) is 11.7. The minimum absolute atomic E-state index is 0. The predicted octanol–water partition coefficient (Wildman–Crippen LogP) is 1.40. The second-order valence-electron chi connectivity index (χ2n) is 5.43. The van der Waals surface area contributed by atoms with Crippen molar-refractivity contribution < 1.29 is 9.59 Å². The normalized spacial score (nSPS) is 23.7. The molecule has 2 unspecified atom stereocenters. The van der Waals surface area contributed by atoms with E-state index in [0.717, 1.165) is 30.6 Å². The average molecular weight is 310 g/mol. The molecule has 0 aliphatic carbocycles. The quantitative estimate of drug-likeness (QED) is 0.790. The van der Waals surface area contributed by atoms with Gasteiger partial charge in [-0.25, -0.2) is 0 Å². The van der Waals surface area contributed by atoms with Crippen LogP contribution in [0.25, 0.3) is 0 Å². The van der Waals surface area contributed by atoms with Gasteiger partial charge < -0.3 is 16.0 Å². The van der Waals surface area contributed by atoms with Gasteiger partial charge in [0, 0.05) is 24.7 Å². The van der Waals surface area contributed by atoms with E-state index in [2.05, 4.69) is 16.0 Å². The van der Waals surface area contributed by atoms with E-state index >= 15 is 0 Å². The molecule has 2 atom stereocenters. The number of hydrogen-bond acceptors (Lipinski definition) is 3. The van der Waals surface area contributed by atoms with Crippen LogP contribution in [0.4, 0.5) is 5.69 Å². The van der Waals surface area contributed by atoms with Crippen molar-refractivity contribution in [2.45, 2.75) is 31.2 Å². The van der Waals surface area contributed by atoms with Crippen molar-refractivity contribution in [2.75, 3.05) is 18.4 Å². The number of nitrogens with one attached hydrogen (secondary N) is 3. The van der Waals surface area contributed by atoms with Crippen molar-refractivity contribution in [3.8, 4) is 0 Å². The van der Waals surface area contributed by atoms with Crippen molar-refractivity contribution >= 4 is 29.9 Å². The molecule has 1 saturated heterocycles. The molecule has 1 aromatic carbocycles. The van der Waals surface area contributed by atoms with Crippen LogP contribution >= 0.6 is 12.4 Å². The molecule has 2 amide bonds. The molecule has 2 aliphatic heterocycles. The molecule has 1 aromatic rings. The predicted molar refractivity (Wildman–Crippen MR) is 83.7 cm³/mol. The third kappa shape index (κ3) is 3.54. The Morgan fingerprint density at radius 1 is 1.33 bits per heavy atom. The van der Waals surface area contributed by atoms with Gasteiger partial charge in [0.2, 0.25) is 11.8 Å². The van der Waals surface area contributed by atoms with Gasteiger partial charge in [0.1, 0.15) is 0 Å². The highest BCUT2D eigenvalue weighted by atomic mass is 35.5. The van der Waals surface area contributed by atoms with Crippen LogP contribution in [0.15, 0.2) is 24.3 Å². The molecule has 2 heterocycles. The summed E-state index contributed by atoms with van der Waals surface area (Å²) in [7, 11) is 0. The Morgan fingerprint density at radius 3 is 2.90 bits per heavy atom. The van der Waals surface area contributed by atoms with Gasteiger partial charge in [-0.15, -0.1) is 12.4 Å². The zero-order valence-corrected chi connectivity index (χ0v) is 12.5. The monoisotopic (exact) mass is 309 g/mol. The smallest absolute Gasteiger partial charge is 0.228 e. The van der Waals surface area contributed by atoms with E-state index in [9.17, 15) is 9.59 Å². The highest BCUT2D eigenvalue weighted by Crippen LogP contribution is 2.31. The summed E-state index contributed by atoms with van der Waals surface area (Å²) in [6.45, 7) is 1.66. The zero-order chi connectivity index (χ0) is 13.9. The Bertz CT molecular complexity index is 529. The van der Waals surface area contributed by atoms with Crippen LogP contribution in [0.1, 0.15) is 30.7 Å². The molecule has 1 fully saturated rings. The number of anilines is 1. The van der Waals surface area contributed by atoms with E-state index in [0.29, 0.717) is 12.6 Å². The van der Waals surface area contributed by atoms with E-state index in [1.54, 1.807) is 0 Å². The van der Waals surface area contributed by atoms with E-state index in [1.165, 1.54) is 0 Å². The van der Waals surface area contributed by atoms with E-state index in [-0.39, 0.29) is 36.6 Å². The number of rotatable bonds is 3. The minimum Gasteiger partial charge on any atom is -0.354 e. The number of amides is 2. The number of para-hydroxylation sites is 1. The van der Waals surface area contributed by atoms with Crippen molar-refractivity contribution in [3.63, 3.8) is 0 Å². The topological polar surface area (TPSA) is 70.2 Å². The third-order valence-corrected chi connectivity index (χ3v) is 4.00. The van der Waals surface area contributed by atoms with Gasteiger partial charge in [0.25, 0.3) is 0 Å². The fourth-order valence-electron chi connectivity index (χ4n) is 2.92. The molecule has 114 valence electrons. The Morgan fingerprint density at radius 2 is 2.14 bits per heavy atom. The van der Waals surface area contributed by atoms with Crippen molar-refractivity contribution in [1.82, 2.24) is 10.6 Å². The SMILES string of the molecule is Cl.O=C1CC(C(=O)NCC2CCCN2)c2ccccc2N1. The lowest BCUT2D eigenvalue weighted by Gasteiger charge is -2.25. The summed E-state index contributed by atoms with van der Waals surface area (Å²) in [6, 6.07) is 7.88. The summed E-state index contributed by atoms with van der Waals surface area (Å²) in [4.78, 5) is 24.0. The Labute approximate surface area is 130 Å². The van der Waals surface area contributed by atoms with Gasteiger partial charge in [0.15, 0.2) is 0 Å². The maximum Gasteiger partial charge on any atom is 0.228 e. The molecule has 3 N–H and O–H groups in total. The minimum atomic E-state index is -0.374. The first-order valence-corrected chi connectivity index (χ1v) is 7.14. The van der Waals surface area contributed by atoms with Crippen LogP contribution in [-0.2, 0) is 9.59 Å². The lowest BCUT2D eigenvalue weighted by molar-refractivity contribution is -0.126. The summed E-state index contributed by atoms with van der Waals surface area (Å²) in [5, 5.41) is 9.13. The van der Waals surface area contributed by atoms with E-state index < -0.39 is 0 Å². The lowest BCUT2D eigenvalue weighted by Crippen LogP contribution is -2.41. The molecule has 21 heavy (non-hydrogen) atoms. The molecule has 0 aromatic heterocycles. The first-order chi connectivity index (χ1) is 9.74. The second-order valence-corrected chi connectivity index (χ2v) is 5.43. The number of carbonyl (C=O) groups is 2. The van der Waals surface area contributed by atoms with Crippen molar-refractivity contribution in [3.05, 3.63) is 29.8 Å². The maximum absolute atomic E-state index is 12.3. The number of carbonyl (C=O) groups excluding carboxylic acids is 2. The van der Waals surface area contributed by atoms with Crippen LogP contribution in [0, 0.1) is 0 Å². The Hall–Kier alpha value is -1.59. The van der Waals surface area contributed by atoms with Crippen molar-refractivity contribution in [2.24, 2.45) is 0 Å². The number of halogens is 1. The molecule has 0 bridgehead atoms. The molecule has 6 heteroatoms. The fraction of sp³-hybridized carbons (Fsp3) is 0.467. The van der Waals surface area contributed by atoms with Crippen LogP contribution in [0.5, 0.6) is 0 Å². The highest BCUT2D eigenvalue weighted by molar-refractivity contribution is 6.01. The molecule has 0 saturated carbocycles. The fourth-order valence-corrected chi connectivity index (χ4v) is 2.92. The van der Waals surface area contributed by atoms with E-state index in [4.69, 9.17) is 0 Å². The molecule has 2 aliphatic rings. The number of fused-ring (bicyclic) bond motifs is 1. The van der Waals surface area contributed by atoms with Crippen LogP contribution in [0.3, 0.4) is 0 Å². The van der Waals surface area contributed by atoms with Crippen LogP contribution < -0.4 is 16.0 Å². The summed E-state index contributed by atoms with van der Waals surface area (Å²) >= 11 is 0. The summed E-state index contributed by atoms with van der Waals surface area (Å²) < 4.78 is 0. The summed E-state index contributed by atoms with van der Waals surface area (Å²) in [5.41, 5.74) is 1.66. The Kier molecular flexibility index (Phi) is 5.20. The summed E-state index contributed by atoms with van der Waals surface area (Å²) in [5.74, 6) is -0.523. The molecular weight excluding hydrogens is 290 g/mol. The molecular formula is C15H20ClN3O2. The van der Waals surface area contributed by atoms with Gasteiger partial charge in [-0.1, -0.05) is 18.2 Å². The molecule has 3 rings (SSSR count). The maximum atomic E-state index is 12.3. The molecule has 5 nitrogen and oxygen atoms in total. The van der Waals surface area contributed by atoms with Gasteiger partial charge in [-0.2, -0.15) is 0 Å². The number of hydrogen-bond donors (Lipinski definition) is 3. The first kappa shape index (κ1) is 15.8. The van der Waals surface area contributed by atoms with Gasteiger partial charge in [-0.05, 0) is 31.0 Å². The van der Waals surface area contributed by atoms with Crippen LogP contribution in [0.2, 0.25) is 0 Å².